The maximum absolute atomic E-state index is 11.9. The number of aryl methyl sites for hydroxylation is 2. The number of aliphatic carboxylic acids is 4. The van der Waals surface area contributed by atoms with Crippen LogP contribution in [0.1, 0.15) is 49.9 Å². The zero-order valence-electron chi connectivity index (χ0n) is 30.1. The molecule has 60 heavy (non-hydrogen) atoms. The summed E-state index contributed by atoms with van der Waals surface area (Å²) in [5.41, 5.74) is 13.5. The van der Waals surface area contributed by atoms with Gasteiger partial charge in [-0.25, -0.2) is 29.1 Å². The number of aliphatic imine (C=N–C) groups is 2. The van der Waals surface area contributed by atoms with Crippen molar-refractivity contribution < 1.29 is 102 Å². The molecular weight excluding hydrogens is 864 g/mol. The predicted molar refractivity (Wildman–Crippen MR) is 176 cm³/mol. The molecule has 2 rings (SSSR count). The van der Waals surface area contributed by atoms with Crippen LogP contribution >= 0.6 is 0 Å². The van der Waals surface area contributed by atoms with E-state index in [-0.39, 0.29) is 36.6 Å². The SMILES string of the molecule is NC(=NCCCc1cnc[nH]1)NC(=O)CCCCC(=O)NC(N)=NCCCc1cnc[nH]1.O=C(O)C(F)(F)F.O=C(O)C(F)(F)F.O=C(O)C(F)(F)F.O=C(O)C(F)(F)F. The zero-order chi connectivity index (χ0) is 47.3. The lowest BCUT2D eigenvalue weighted by Gasteiger charge is -2.06. The number of nitrogens with one attached hydrogen (secondary N) is 4. The van der Waals surface area contributed by atoms with Gasteiger partial charge in [0.1, 0.15) is 0 Å². The van der Waals surface area contributed by atoms with Crippen molar-refractivity contribution in [1.29, 1.82) is 0 Å². The van der Waals surface area contributed by atoms with Crippen molar-refractivity contribution in [3.05, 3.63) is 36.4 Å². The molecule has 0 saturated heterocycles. The monoisotopic (exact) mass is 900 g/mol. The largest absolute Gasteiger partial charge is 0.490 e. The molecule has 0 unspecified atom stereocenters. The molecule has 0 aromatic carbocycles. The van der Waals surface area contributed by atoms with E-state index in [9.17, 15) is 62.3 Å². The first-order chi connectivity index (χ1) is 27.3. The molecule has 2 aromatic heterocycles. The summed E-state index contributed by atoms with van der Waals surface area (Å²) in [6, 6.07) is 0. The van der Waals surface area contributed by atoms with Gasteiger partial charge in [-0.2, -0.15) is 52.7 Å². The number of rotatable bonds is 13. The fourth-order valence-corrected chi connectivity index (χ4v) is 2.84. The number of aromatic amines is 2. The molecule has 2 aromatic rings. The number of H-pyrrole nitrogens is 2. The van der Waals surface area contributed by atoms with Gasteiger partial charge in [-0.1, -0.05) is 0 Å². The number of halogens is 12. The number of carboxylic acid groups (broad SMARTS) is 4. The van der Waals surface area contributed by atoms with Crippen LogP contribution in [0.25, 0.3) is 0 Å². The molecule has 0 fully saturated rings. The van der Waals surface area contributed by atoms with Crippen LogP contribution in [0.2, 0.25) is 0 Å². The molecule has 32 heteroatoms. The van der Waals surface area contributed by atoms with E-state index in [1.165, 1.54) is 0 Å². The van der Waals surface area contributed by atoms with Crippen LogP contribution in [0.4, 0.5) is 52.7 Å². The van der Waals surface area contributed by atoms with E-state index in [2.05, 4.69) is 40.6 Å². The van der Waals surface area contributed by atoms with Crippen LogP contribution in [0.5, 0.6) is 0 Å². The number of aromatic nitrogens is 4. The average molecular weight is 901 g/mol. The van der Waals surface area contributed by atoms with Crippen LogP contribution in [0, 0.1) is 0 Å². The maximum Gasteiger partial charge on any atom is 0.490 e. The van der Waals surface area contributed by atoms with E-state index < -0.39 is 48.6 Å². The van der Waals surface area contributed by atoms with Crippen LogP contribution in [0.15, 0.2) is 35.0 Å². The van der Waals surface area contributed by atoms with E-state index >= 15 is 0 Å². The first kappa shape index (κ1) is 57.7. The van der Waals surface area contributed by atoms with Gasteiger partial charge in [0.15, 0.2) is 11.9 Å². The lowest BCUT2D eigenvalue weighted by atomic mass is 10.2. The van der Waals surface area contributed by atoms with Gasteiger partial charge in [-0.05, 0) is 38.5 Å². The van der Waals surface area contributed by atoms with Crippen molar-refractivity contribution in [3.63, 3.8) is 0 Å². The summed E-state index contributed by atoms with van der Waals surface area (Å²) in [6.07, 6.45) is -8.71. The van der Waals surface area contributed by atoms with Crippen molar-refractivity contribution in [3.8, 4) is 0 Å². The number of nitrogens with two attached hydrogens (primary N) is 2. The molecule has 0 aliphatic heterocycles. The first-order valence-corrected chi connectivity index (χ1v) is 15.6. The van der Waals surface area contributed by atoms with E-state index in [1.54, 1.807) is 25.0 Å². The smallest absolute Gasteiger partial charge is 0.475 e. The summed E-state index contributed by atoms with van der Waals surface area (Å²) < 4.78 is 127. The maximum atomic E-state index is 11.9. The minimum absolute atomic E-state index is 0.105. The molecule has 12 N–H and O–H groups in total. The minimum atomic E-state index is -5.08. The molecule has 0 atom stereocenters. The summed E-state index contributed by atoms with van der Waals surface area (Å²) in [4.78, 5) is 81.6. The number of carbonyl (C=O) groups excluding carboxylic acids is 2. The third-order valence-corrected chi connectivity index (χ3v) is 5.45. The van der Waals surface area contributed by atoms with Crippen LogP contribution in [-0.2, 0) is 41.6 Å². The van der Waals surface area contributed by atoms with Crippen molar-refractivity contribution in [1.82, 2.24) is 30.6 Å². The zero-order valence-corrected chi connectivity index (χ0v) is 30.1. The van der Waals surface area contributed by atoms with Crippen molar-refractivity contribution in [2.24, 2.45) is 21.5 Å². The highest BCUT2D eigenvalue weighted by Gasteiger charge is 2.40. The molecule has 0 aliphatic carbocycles. The standard InChI is InChI=1S/C20H32N10O2.4C2HF3O2/c21-19(25-9-3-5-15-11-23-13-27-15)29-17(31)7-1-2-8-18(32)30-20(22)26-10-4-6-16-12-24-14-28-16;4*3-2(4,5)1(6)7/h11-14H,1-10H2,(H,23,27)(H,24,28)(H3,21,25,29,31)(H3,22,26,30,32);4*(H,6,7). The van der Waals surface area contributed by atoms with Crippen LogP contribution in [-0.4, -0.2) is 126 Å². The van der Waals surface area contributed by atoms with E-state index in [4.69, 9.17) is 51.1 Å². The second kappa shape index (κ2) is 28.7. The van der Waals surface area contributed by atoms with Gasteiger partial charge in [0, 0.05) is 49.7 Å². The van der Waals surface area contributed by atoms with E-state index in [0.717, 1.165) is 37.1 Å². The number of carboxylic acids is 4. The summed E-state index contributed by atoms with van der Waals surface area (Å²) in [7, 11) is 0. The molecule has 0 aliphatic rings. The molecule has 0 bridgehead atoms. The van der Waals surface area contributed by atoms with Gasteiger partial charge in [-0.3, -0.25) is 30.2 Å². The molecular formula is C28H36F12N10O10. The van der Waals surface area contributed by atoms with E-state index in [0.29, 0.717) is 25.9 Å². The van der Waals surface area contributed by atoms with Gasteiger partial charge in [0.05, 0.1) is 12.7 Å². The van der Waals surface area contributed by atoms with Gasteiger partial charge < -0.3 is 41.9 Å². The number of alkyl halides is 12. The fourth-order valence-electron chi connectivity index (χ4n) is 2.84. The summed E-state index contributed by atoms with van der Waals surface area (Å²) in [5, 5.41) is 33.6. The molecule has 0 saturated carbocycles. The Kier molecular flexibility index (Phi) is 27.6. The number of hydrogen-bond donors (Lipinski definition) is 10. The number of hydrogen-bond acceptors (Lipinski definition) is 10. The minimum Gasteiger partial charge on any atom is -0.475 e. The Labute approximate surface area is 327 Å². The summed E-state index contributed by atoms with van der Waals surface area (Å²) in [6.45, 7) is 1.02. The first-order valence-electron chi connectivity index (χ1n) is 15.6. The second-order valence-electron chi connectivity index (χ2n) is 10.4. The third kappa shape index (κ3) is 35.7. The summed E-state index contributed by atoms with van der Waals surface area (Å²) in [5.74, 6) is -11.3. The lowest BCUT2D eigenvalue weighted by molar-refractivity contribution is -0.193. The van der Waals surface area contributed by atoms with Crippen molar-refractivity contribution in [2.75, 3.05) is 13.1 Å². The second-order valence-corrected chi connectivity index (χ2v) is 10.4. The number of unbranched alkanes of at least 4 members (excludes halogenated alkanes) is 1. The van der Waals surface area contributed by atoms with E-state index in [1.807, 2.05) is 0 Å². The highest BCUT2D eigenvalue weighted by molar-refractivity contribution is 5.97. The topological polar surface area (TPSA) is 342 Å². The lowest BCUT2D eigenvalue weighted by Crippen LogP contribution is -2.37. The van der Waals surface area contributed by atoms with Gasteiger partial charge in [-0.15, -0.1) is 0 Å². The Morgan fingerprint density at radius 2 is 0.783 bits per heavy atom. The predicted octanol–water partition coefficient (Wildman–Crippen LogP) is 2.65. The summed E-state index contributed by atoms with van der Waals surface area (Å²) >= 11 is 0. The number of guanidine groups is 2. The molecule has 0 spiro atoms. The van der Waals surface area contributed by atoms with Crippen LogP contribution < -0.4 is 22.1 Å². The van der Waals surface area contributed by atoms with Gasteiger partial charge >= 0.3 is 48.6 Å². The van der Waals surface area contributed by atoms with Gasteiger partial charge in [0.2, 0.25) is 11.8 Å². The quantitative estimate of drug-likeness (QED) is 0.0598. The molecule has 20 nitrogen and oxygen atoms in total. The average Bonchev–Trinajstić information content (AvgIpc) is 3.82. The molecule has 2 heterocycles. The Bertz CT molecular complexity index is 1480. The highest BCUT2D eigenvalue weighted by Crippen LogP contribution is 2.15. The Morgan fingerprint density at radius 1 is 0.533 bits per heavy atom. The Morgan fingerprint density at radius 3 is 0.983 bits per heavy atom. The highest BCUT2D eigenvalue weighted by atomic mass is 19.4. The Balaban J connectivity index is -0.000000930. The van der Waals surface area contributed by atoms with Crippen molar-refractivity contribution >= 4 is 47.6 Å². The number of amides is 2. The number of imidazole rings is 2. The normalized spacial score (nSPS) is 11.7. The van der Waals surface area contributed by atoms with Crippen molar-refractivity contribution in [2.45, 2.75) is 76.1 Å². The Hall–Kier alpha value is -6.66. The molecule has 2 amide bonds. The number of carbonyl (C=O) groups is 6. The third-order valence-electron chi connectivity index (χ3n) is 5.45. The molecule has 342 valence electrons. The van der Waals surface area contributed by atoms with Crippen LogP contribution in [0.3, 0.4) is 0 Å². The fraction of sp³-hybridized carbons (Fsp3) is 0.500. The van der Waals surface area contributed by atoms with Gasteiger partial charge in [0.25, 0.3) is 0 Å². The molecule has 0 radical (unpaired) electrons. The number of nitrogens with zero attached hydrogens (tertiary/aromatic N) is 4.